The lowest BCUT2D eigenvalue weighted by Crippen LogP contribution is -2.14. The Bertz CT molecular complexity index is 974. The number of anilines is 3. The molecule has 0 bridgehead atoms. The average molecular weight is 393 g/mol. The van der Waals surface area contributed by atoms with E-state index < -0.39 is 0 Å². The second-order valence-electron chi connectivity index (χ2n) is 6.03. The summed E-state index contributed by atoms with van der Waals surface area (Å²) in [5.74, 6) is 1.60. The molecule has 150 valence electrons. The molecule has 2 N–H and O–H groups in total. The third-order valence-electron chi connectivity index (χ3n) is 4.10. The monoisotopic (exact) mass is 393 g/mol. The Labute approximate surface area is 169 Å². The van der Waals surface area contributed by atoms with Crippen LogP contribution in [0.3, 0.4) is 0 Å². The number of methoxy groups -OCH3 is 2. The Hall–Kier alpha value is -3.74. The highest BCUT2D eigenvalue weighted by atomic mass is 16.5. The number of pyridine rings is 1. The van der Waals surface area contributed by atoms with Crippen molar-refractivity contribution in [2.45, 2.75) is 6.92 Å². The van der Waals surface area contributed by atoms with Gasteiger partial charge in [0, 0.05) is 23.6 Å². The maximum Gasteiger partial charge on any atom is 0.274 e. The summed E-state index contributed by atoms with van der Waals surface area (Å²) < 4.78 is 15.9. The highest BCUT2D eigenvalue weighted by Gasteiger charge is 2.12. The summed E-state index contributed by atoms with van der Waals surface area (Å²) >= 11 is 0. The fourth-order valence-electron chi connectivity index (χ4n) is 2.69. The molecule has 0 aliphatic carbocycles. The van der Waals surface area contributed by atoms with E-state index in [1.165, 1.54) is 7.11 Å². The van der Waals surface area contributed by atoms with Crippen LogP contribution >= 0.6 is 0 Å². The van der Waals surface area contributed by atoms with Crippen molar-refractivity contribution >= 4 is 23.0 Å². The zero-order chi connectivity index (χ0) is 20.6. The summed E-state index contributed by atoms with van der Waals surface area (Å²) in [6.45, 7) is 2.56. The molecule has 0 spiro atoms. The molecular formula is C22H23N3O4. The van der Waals surface area contributed by atoms with Crippen molar-refractivity contribution in [3.63, 3.8) is 0 Å². The normalized spacial score (nSPS) is 10.2. The highest BCUT2D eigenvalue weighted by molar-refractivity contribution is 6.04. The van der Waals surface area contributed by atoms with Gasteiger partial charge >= 0.3 is 0 Å². The minimum atomic E-state index is -0.344. The van der Waals surface area contributed by atoms with Crippen LogP contribution in [0.5, 0.6) is 17.2 Å². The van der Waals surface area contributed by atoms with E-state index in [2.05, 4.69) is 15.6 Å². The van der Waals surface area contributed by atoms with Crippen LogP contribution in [0.25, 0.3) is 0 Å². The van der Waals surface area contributed by atoms with Crippen molar-refractivity contribution < 1.29 is 19.0 Å². The first-order valence-corrected chi connectivity index (χ1v) is 9.12. The van der Waals surface area contributed by atoms with E-state index in [0.29, 0.717) is 23.8 Å². The van der Waals surface area contributed by atoms with Gasteiger partial charge in [-0.3, -0.25) is 9.78 Å². The van der Waals surface area contributed by atoms with Gasteiger partial charge in [0.25, 0.3) is 5.91 Å². The Morgan fingerprint density at radius 1 is 0.931 bits per heavy atom. The smallest absolute Gasteiger partial charge is 0.274 e. The average Bonchev–Trinajstić information content (AvgIpc) is 2.75. The molecule has 3 aromatic rings. The number of ether oxygens (including phenoxy) is 3. The summed E-state index contributed by atoms with van der Waals surface area (Å²) in [6.07, 6.45) is 1.58. The molecule has 29 heavy (non-hydrogen) atoms. The maximum atomic E-state index is 12.7. The number of carbonyl (C=O) groups excluding carboxylic acids is 1. The number of hydrogen-bond donors (Lipinski definition) is 2. The minimum absolute atomic E-state index is 0.277. The first kappa shape index (κ1) is 20.0. The van der Waals surface area contributed by atoms with Gasteiger partial charge in [-0.05, 0) is 55.5 Å². The maximum absolute atomic E-state index is 12.7. The number of nitrogens with zero attached hydrogens (tertiary/aromatic N) is 1. The summed E-state index contributed by atoms with van der Waals surface area (Å²) in [5.41, 5.74) is 2.43. The predicted octanol–water partition coefficient (Wildman–Crippen LogP) is 4.49. The quantitative estimate of drug-likeness (QED) is 0.587. The van der Waals surface area contributed by atoms with Crippen molar-refractivity contribution in [2.75, 3.05) is 31.5 Å². The second kappa shape index (κ2) is 9.45. The molecule has 0 aliphatic rings. The van der Waals surface area contributed by atoms with Crippen molar-refractivity contribution in [1.82, 2.24) is 4.98 Å². The number of nitrogens with one attached hydrogen (secondary N) is 2. The number of rotatable bonds is 8. The Balaban J connectivity index is 1.72. The van der Waals surface area contributed by atoms with Gasteiger partial charge in [-0.1, -0.05) is 0 Å². The van der Waals surface area contributed by atoms with E-state index >= 15 is 0 Å². The topological polar surface area (TPSA) is 81.7 Å². The Morgan fingerprint density at radius 3 is 2.38 bits per heavy atom. The van der Waals surface area contributed by atoms with Crippen LogP contribution in [0.2, 0.25) is 0 Å². The van der Waals surface area contributed by atoms with Crippen LogP contribution in [-0.4, -0.2) is 31.7 Å². The van der Waals surface area contributed by atoms with Crippen LogP contribution in [0.15, 0.2) is 60.8 Å². The first-order valence-electron chi connectivity index (χ1n) is 9.12. The molecule has 0 fully saturated rings. The molecule has 0 radical (unpaired) electrons. The molecular weight excluding hydrogens is 370 g/mol. The van der Waals surface area contributed by atoms with Crippen molar-refractivity contribution in [2.24, 2.45) is 0 Å². The highest BCUT2D eigenvalue weighted by Crippen LogP contribution is 2.29. The minimum Gasteiger partial charge on any atom is -0.497 e. The third kappa shape index (κ3) is 5.16. The number of aromatic nitrogens is 1. The number of benzene rings is 2. The summed E-state index contributed by atoms with van der Waals surface area (Å²) in [5, 5.41) is 6.07. The SMILES string of the molecule is CCOc1ccc(Nc2ccnc(C(=O)Nc3ccc(OC)cc3OC)c2)cc1. The number of amides is 1. The zero-order valence-corrected chi connectivity index (χ0v) is 16.6. The van der Waals surface area contributed by atoms with E-state index in [0.717, 1.165) is 17.1 Å². The molecule has 7 nitrogen and oxygen atoms in total. The summed E-state index contributed by atoms with van der Waals surface area (Å²) in [4.78, 5) is 16.8. The fraction of sp³-hybridized carbons (Fsp3) is 0.182. The molecule has 3 rings (SSSR count). The van der Waals surface area contributed by atoms with Gasteiger partial charge < -0.3 is 24.8 Å². The summed E-state index contributed by atoms with van der Waals surface area (Å²) in [7, 11) is 3.10. The Kier molecular flexibility index (Phi) is 6.52. The second-order valence-corrected chi connectivity index (χ2v) is 6.03. The molecule has 1 amide bonds. The first-order chi connectivity index (χ1) is 14.1. The molecule has 0 aliphatic heterocycles. The Morgan fingerprint density at radius 2 is 1.69 bits per heavy atom. The molecule has 0 saturated heterocycles. The van der Waals surface area contributed by atoms with Crippen LogP contribution < -0.4 is 24.8 Å². The molecule has 0 unspecified atom stereocenters. The van der Waals surface area contributed by atoms with Crippen molar-refractivity contribution in [1.29, 1.82) is 0 Å². The van der Waals surface area contributed by atoms with E-state index in [-0.39, 0.29) is 11.6 Å². The fourth-order valence-corrected chi connectivity index (χ4v) is 2.69. The molecule has 0 atom stereocenters. The van der Waals surface area contributed by atoms with Gasteiger partial charge in [0.15, 0.2) is 0 Å². The van der Waals surface area contributed by atoms with E-state index in [4.69, 9.17) is 14.2 Å². The lowest BCUT2D eigenvalue weighted by Gasteiger charge is -2.12. The van der Waals surface area contributed by atoms with Crippen LogP contribution in [-0.2, 0) is 0 Å². The largest absolute Gasteiger partial charge is 0.497 e. The number of carbonyl (C=O) groups is 1. The lowest BCUT2D eigenvalue weighted by atomic mass is 10.2. The molecule has 7 heteroatoms. The van der Waals surface area contributed by atoms with Gasteiger partial charge in [-0.15, -0.1) is 0 Å². The van der Waals surface area contributed by atoms with Gasteiger partial charge in [-0.2, -0.15) is 0 Å². The van der Waals surface area contributed by atoms with Crippen molar-refractivity contribution in [3.8, 4) is 17.2 Å². The molecule has 1 heterocycles. The van der Waals surface area contributed by atoms with E-state index in [1.54, 1.807) is 43.6 Å². The molecule has 1 aromatic heterocycles. The van der Waals surface area contributed by atoms with Crippen molar-refractivity contribution in [3.05, 3.63) is 66.5 Å². The van der Waals surface area contributed by atoms with Gasteiger partial charge in [0.05, 0.1) is 26.5 Å². The zero-order valence-electron chi connectivity index (χ0n) is 16.6. The van der Waals surface area contributed by atoms with E-state index in [9.17, 15) is 4.79 Å². The number of hydrogen-bond acceptors (Lipinski definition) is 6. The lowest BCUT2D eigenvalue weighted by molar-refractivity contribution is 0.102. The van der Waals surface area contributed by atoms with E-state index in [1.807, 2.05) is 31.2 Å². The van der Waals surface area contributed by atoms with Gasteiger partial charge in [0.1, 0.15) is 22.9 Å². The summed E-state index contributed by atoms with van der Waals surface area (Å²) in [6, 6.07) is 16.2. The third-order valence-corrected chi connectivity index (χ3v) is 4.10. The van der Waals surface area contributed by atoms with Gasteiger partial charge in [0.2, 0.25) is 0 Å². The molecule has 2 aromatic carbocycles. The standard InChI is InChI=1S/C22H23N3O4/c1-4-29-17-7-5-15(6-8-17)24-16-11-12-23-20(13-16)22(26)25-19-10-9-18(27-2)14-21(19)28-3/h5-14H,4H2,1-3H3,(H,23,24)(H,25,26). The van der Waals surface area contributed by atoms with Crippen LogP contribution in [0.4, 0.5) is 17.1 Å². The van der Waals surface area contributed by atoms with Gasteiger partial charge in [-0.25, -0.2) is 0 Å². The van der Waals surface area contributed by atoms with Crippen LogP contribution in [0.1, 0.15) is 17.4 Å². The van der Waals surface area contributed by atoms with Crippen LogP contribution in [0, 0.1) is 0 Å². The molecule has 0 saturated carbocycles. The predicted molar refractivity (Wildman–Crippen MR) is 113 cm³/mol.